The van der Waals surface area contributed by atoms with E-state index in [0.29, 0.717) is 25.5 Å². The largest absolute Gasteiger partial charge is 0.488 e. The molecule has 2 saturated heterocycles. The van der Waals surface area contributed by atoms with Gasteiger partial charge >= 0.3 is 12.2 Å². The third-order valence-electron chi connectivity index (χ3n) is 13.6. The molecule has 4 aliphatic heterocycles. The lowest BCUT2D eigenvalue weighted by molar-refractivity contribution is -0.136. The van der Waals surface area contributed by atoms with E-state index in [4.69, 9.17) is 24.2 Å². The van der Waals surface area contributed by atoms with Gasteiger partial charge in [-0.3, -0.25) is 14.6 Å². The third kappa shape index (κ3) is 7.27. The molecule has 6 atom stereocenters. The van der Waals surface area contributed by atoms with Crippen LogP contribution in [0.4, 0.5) is 15.3 Å². The Morgan fingerprint density at radius 3 is 2.34 bits per heavy atom. The number of imidazole rings is 1. The lowest BCUT2D eigenvalue weighted by atomic mass is 9.90. The van der Waals surface area contributed by atoms with Crippen molar-refractivity contribution in [3.05, 3.63) is 65.6 Å². The maximum atomic E-state index is 14.3. The second kappa shape index (κ2) is 16.2. The Morgan fingerprint density at radius 2 is 1.61 bits per heavy atom. The molecular formula is C47H55N7O7. The first-order valence-electron chi connectivity index (χ1n) is 21.7. The molecule has 1 saturated carbocycles. The second-order valence-electron chi connectivity index (χ2n) is 17.9. The zero-order valence-corrected chi connectivity index (χ0v) is 35.7. The van der Waals surface area contributed by atoms with Gasteiger partial charge in [-0.15, -0.1) is 0 Å². The van der Waals surface area contributed by atoms with Gasteiger partial charge in [-0.2, -0.15) is 0 Å². The van der Waals surface area contributed by atoms with Crippen LogP contribution in [0.5, 0.6) is 5.75 Å². The topological polar surface area (TPSA) is 168 Å². The summed E-state index contributed by atoms with van der Waals surface area (Å²) in [6.45, 7) is 8.71. The molecule has 9 rings (SSSR count). The zero-order chi connectivity index (χ0) is 42.7. The van der Waals surface area contributed by atoms with Gasteiger partial charge in [0.1, 0.15) is 30.3 Å². The molecule has 320 valence electrons. The summed E-state index contributed by atoms with van der Waals surface area (Å²) >= 11 is 0. The number of carbonyl (C=O) groups is 4. The molecule has 14 heteroatoms. The second-order valence-corrected chi connectivity index (χ2v) is 17.9. The number of H-pyrrole nitrogens is 1. The van der Waals surface area contributed by atoms with E-state index in [1.807, 2.05) is 38.8 Å². The van der Waals surface area contributed by atoms with Gasteiger partial charge in [0.2, 0.25) is 11.8 Å². The van der Waals surface area contributed by atoms with Crippen molar-refractivity contribution in [1.82, 2.24) is 30.4 Å². The summed E-state index contributed by atoms with van der Waals surface area (Å²) in [5, 5.41) is 7.73. The summed E-state index contributed by atoms with van der Waals surface area (Å²) in [6, 6.07) is 13.4. The average molecular weight is 830 g/mol. The minimum atomic E-state index is -0.698. The highest BCUT2D eigenvalue weighted by atomic mass is 16.5. The molecule has 1 aromatic heterocycles. The summed E-state index contributed by atoms with van der Waals surface area (Å²) in [5.41, 5.74) is 8.12. The lowest BCUT2D eigenvalue weighted by Gasteiger charge is -2.34. The van der Waals surface area contributed by atoms with E-state index in [1.165, 1.54) is 14.2 Å². The SMILES string of the molecule is COC(=O)N[C@H](C(=O)N1CCCC1c1ncc(-c2ccc3c(c2)COc2cc4c5c(ccc4cc2-3)N=C([C@@H]2C[C@@H]3CCC[C@@H]3N2C(=O)[C@@H](NC(=O)OC)C(C)C)C5)[nH]1)C(C)C. The zero-order valence-electron chi connectivity index (χ0n) is 35.7. The number of methoxy groups -OCH3 is 2. The van der Waals surface area contributed by atoms with Crippen LogP contribution < -0.4 is 15.4 Å². The lowest BCUT2D eigenvalue weighted by Crippen LogP contribution is -2.56. The van der Waals surface area contributed by atoms with Crippen LogP contribution in [0, 0.1) is 17.8 Å². The molecule has 3 aromatic carbocycles. The Labute approximate surface area is 355 Å². The number of amides is 4. The molecule has 3 fully saturated rings. The first-order valence-corrected chi connectivity index (χ1v) is 21.7. The molecule has 1 aliphatic carbocycles. The first kappa shape index (κ1) is 40.5. The fourth-order valence-electron chi connectivity index (χ4n) is 10.5. The van der Waals surface area contributed by atoms with Gasteiger partial charge in [-0.1, -0.05) is 52.3 Å². The fourth-order valence-corrected chi connectivity index (χ4v) is 10.5. The highest BCUT2D eigenvalue weighted by molar-refractivity contribution is 6.07. The van der Waals surface area contributed by atoms with Crippen molar-refractivity contribution in [3.8, 4) is 28.1 Å². The normalized spacial score (nSPS) is 22.3. The molecule has 1 unspecified atom stereocenters. The molecule has 0 spiro atoms. The van der Waals surface area contributed by atoms with Gasteiger partial charge in [0.25, 0.3) is 0 Å². The number of aromatic amines is 1. The number of aliphatic imine (C=N–C) groups is 1. The Balaban J connectivity index is 0.942. The van der Waals surface area contributed by atoms with Gasteiger partial charge in [0.05, 0.1) is 43.9 Å². The summed E-state index contributed by atoms with van der Waals surface area (Å²) in [5.74, 6) is 1.56. The van der Waals surface area contributed by atoms with Crippen LogP contribution in [0.15, 0.2) is 53.7 Å². The van der Waals surface area contributed by atoms with Gasteiger partial charge in [0, 0.05) is 30.3 Å². The monoisotopic (exact) mass is 829 g/mol. The van der Waals surface area contributed by atoms with Crippen molar-refractivity contribution >= 4 is 46.2 Å². The van der Waals surface area contributed by atoms with Crippen LogP contribution in [0.2, 0.25) is 0 Å². The van der Waals surface area contributed by atoms with E-state index in [-0.39, 0.29) is 41.8 Å². The van der Waals surface area contributed by atoms with E-state index in [1.54, 1.807) is 0 Å². The highest BCUT2D eigenvalue weighted by Gasteiger charge is 2.50. The molecule has 5 heterocycles. The highest BCUT2D eigenvalue weighted by Crippen LogP contribution is 2.47. The number of ether oxygens (including phenoxy) is 3. The molecule has 61 heavy (non-hydrogen) atoms. The van der Waals surface area contributed by atoms with Crippen LogP contribution in [0.25, 0.3) is 33.2 Å². The molecule has 0 radical (unpaired) electrons. The molecule has 4 aromatic rings. The Hall–Kier alpha value is -5.92. The maximum Gasteiger partial charge on any atom is 0.407 e. The van der Waals surface area contributed by atoms with Crippen molar-refractivity contribution in [1.29, 1.82) is 0 Å². The molecule has 0 bridgehead atoms. The summed E-state index contributed by atoms with van der Waals surface area (Å²) < 4.78 is 16.2. The summed E-state index contributed by atoms with van der Waals surface area (Å²) in [6.07, 6.45) is 6.91. The maximum absolute atomic E-state index is 14.3. The summed E-state index contributed by atoms with van der Waals surface area (Å²) in [4.78, 5) is 69.6. The predicted octanol–water partition coefficient (Wildman–Crippen LogP) is 7.61. The Kier molecular flexibility index (Phi) is 10.7. The van der Waals surface area contributed by atoms with Crippen molar-refractivity contribution in [2.75, 3.05) is 20.8 Å². The number of benzene rings is 3. The fraction of sp³-hybridized carbons (Fsp3) is 0.489. The van der Waals surface area contributed by atoms with Gasteiger partial charge < -0.3 is 39.6 Å². The van der Waals surface area contributed by atoms with Crippen LogP contribution in [-0.2, 0) is 32.1 Å². The average Bonchev–Trinajstić information content (AvgIpc) is 4.11. The van der Waals surface area contributed by atoms with Crippen molar-refractivity contribution in [2.45, 2.75) is 109 Å². The van der Waals surface area contributed by atoms with E-state index >= 15 is 0 Å². The Morgan fingerprint density at radius 1 is 0.852 bits per heavy atom. The number of hydrogen-bond donors (Lipinski definition) is 3. The quantitative estimate of drug-likeness (QED) is 0.155. The number of likely N-dealkylation sites (tertiary alicyclic amines) is 2. The number of carbonyl (C=O) groups excluding carboxylic acids is 4. The third-order valence-corrected chi connectivity index (χ3v) is 13.6. The first-order chi connectivity index (χ1) is 29.4. The van der Waals surface area contributed by atoms with E-state index in [2.05, 4.69) is 63.0 Å². The van der Waals surface area contributed by atoms with Crippen LogP contribution in [-0.4, -0.2) is 94.4 Å². The molecular weight excluding hydrogens is 775 g/mol. The number of hydrogen-bond acceptors (Lipinski definition) is 9. The Bertz CT molecular complexity index is 2440. The van der Waals surface area contributed by atoms with Crippen molar-refractivity contribution in [3.63, 3.8) is 0 Å². The smallest absolute Gasteiger partial charge is 0.407 e. The van der Waals surface area contributed by atoms with Gasteiger partial charge in [-0.05, 0) is 107 Å². The van der Waals surface area contributed by atoms with Gasteiger partial charge in [-0.25, -0.2) is 14.6 Å². The molecule has 5 aliphatic rings. The predicted molar refractivity (Wildman–Crippen MR) is 230 cm³/mol. The van der Waals surface area contributed by atoms with E-state index in [9.17, 15) is 19.2 Å². The van der Waals surface area contributed by atoms with Crippen molar-refractivity contribution < 1.29 is 33.4 Å². The number of alkyl carbamates (subject to hydrolysis) is 2. The number of aromatic nitrogens is 2. The molecule has 14 nitrogen and oxygen atoms in total. The number of rotatable bonds is 9. The van der Waals surface area contributed by atoms with E-state index in [0.717, 1.165) is 106 Å². The van der Waals surface area contributed by atoms with Crippen molar-refractivity contribution in [2.24, 2.45) is 22.7 Å². The van der Waals surface area contributed by atoms with Crippen LogP contribution in [0.3, 0.4) is 0 Å². The van der Waals surface area contributed by atoms with Crippen LogP contribution in [0.1, 0.15) is 89.2 Å². The number of nitrogens with zero attached hydrogens (tertiary/aromatic N) is 4. The number of nitrogens with one attached hydrogen (secondary N) is 3. The number of fused-ring (bicyclic) bond motifs is 7. The van der Waals surface area contributed by atoms with Crippen LogP contribution >= 0.6 is 0 Å². The standard InChI is InChI=1S/C47H55N7O7/c1-24(2)41(51-46(57)59-5)44(55)53-16-8-11-38(53)43-48-22-36(50-43)27-12-14-30-29(17-27)23-61-40-21-31-26(18-33(30)40)13-15-34-32(31)20-35(49-34)39-19-28-9-7-10-37(28)54(39)45(56)42(25(3)4)52-47(58)60-6/h12-15,17-18,21-22,24-25,28,37-39,41-42H,7-11,16,19-20,23H2,1-6H3,(H,48,50)(H,51,57)(H,52,58)/t28-,37-,38?,39-,41-,42-/m0/s1. The summed E-state index contributed by atoms with van der Waals surface area (Å²) in [7, 11) is 2.62. The minimum Gasteiger partial charge on any atom is -0.488 e. The van der Waals surface area contributed by atoms with Gasteiger partial charge in [0.15, 0.2) is 0 Å². The van der Waals surface area contributed by atoms with E-state index < -0.39 is 24.3 Å². The minimum absolute atomic E-state index is 0.0563. The molecule has 4 amide bonds. The molecule has 3 N–H and O–H groups in total.